The van der Waals surface area contributed by atoms with E-state index in [2.05, 4.69) is 127 Å². The zero-order valence-electron chi connectivity index (χ0n) is 28.2. The summed E-state index contributed by atoms with van der Waals surface area (Å²) >= 11 is 0. The van der Waals surface area contributed by atoms with Crippen molar-refractivity contribution in [3.8, 4) is 56.4 Å². The maximum atomic E-state index is 4.93. The van der Waals surface area contributed by atoms with E-state index in [4.69, 9.17) is 15.0 Å². The normalized spacial score (nSPS) is 11.5. The lowest BCUT2D eigenvalue weighted by Crippen LogP contribution is -2.00. The second-order valence-electron chi connectivity index (χ2n) is 13.2. The van der Waals surface area contributed by atoms with Crippen LogP contribution in [-0.2, 0) is 0 Å². The van der Waals surface area contributed by atoms with Crippen molar-refractivity contribution in [1.29, 1.82) is 0 Å². The van der Waals surface area contributed by atoms with Gasteiger partial charge in [0.25, 0.3) is 0 Å². The first-order chi connectivity index (χ1) is 25.8. The topological polar surface area (TPSA) is 38.7 Å². The van der Waals surface area contributed by atoms with Crippen molar-refractivity contribution in [1.82, 2.24) is 15.0 Å². The van der Waals surface area contributed by atoms with Gasteiger partial charge in [0.05, 0.1) is 0 Å². The summed E-state index contributed by atoms with van der Waals surface area (Å²) < 4.78 is 0. The predicted molar refractivity (Wildman–Crippen MR) is 217 cm³/mol. The summed E-state index contributed by atoms with van der Waals surface area (Å²) in [5, 5.41) is 10.2. The van der Waals surface area contributed by atoms with Gasteiger partial charge in [-0.1, -0.05) is 182 Å². The zero-order valence-corrected chi connectivity index (χ0v) is 28.2. The summed E-state index contributed by atoms with van der Waals surface area (Å²) in [6.45, 7) is 0. The smallest absolute Gasteiger partial charge is 0.164 e. The first kappa shape index (κ1) is 29.9. The number of rotatable bonds is 5. The summed E-state index contributed by atoms with van der Waals surface area (Å²) in [6.07, 6.45) is 0. The van der Waals surface area contributed by atoms with E-state index in [1.165, 1.54) is 59.8 Å². The molecule has 0 N–H and O–H groups in total. The third-order valence-electron chi connectivity index (χ3n) is 10.1. The van der Waals surface area contributed by atoms with Crippen molar-refractivity contribution in [2.75, 3.05) is 0 Å². The highest BCUT2D eigenvalue weighted by Crippen LogP contribution is 2.40. The lowest BCUT2D eigenvalue weighted by molar-refractivity contribution is 1.07. The van der Waals surface area contributed by atoms with Crippen molar-refractivity contribution in [3.05, 3.63) is 188 Å². The summed E-state index contributed by atoms with van der Waals surface area (Å²) in [5.41, 5.74) is 7.62. The van der Waals surface area contributed by atoms with E-state index < -0.39 is 0 Å². The molecule has 9 aromatic carbocycles. The highest BCUT2D eigenvalue weighted by Gasteiger charge is 2.15. The Morgan fingerprint density at radius 3 is 1.06 bits per heavy atom. The second-order valence-corrected chi connectivity index (χ2v) is 13.2. The SMILES string of the molecule is c1ccc(-c2nc(-c3ccccc3)nc(-c3ccc(-c4cccc5c(-c6ccc7c8ccccc8c8ccccc8c7c6)cccc45)cc3)n2)cc1. The minimum absolute atomic E-state index is 0.649. The molecule has 0 aliphatic rings. The average molecular weight is 662 g/mol. The minimum atomic E-state index is 0.649. The first-order valence-corrected chi connectivity index (χ1v) is 17.6. The van der Waals surface area contributed by atoms with Crippen LogP contribution >= 0.6 is 0 Å². The standard InChI is InChI=1S/C49H31N3/c1-3-13-33(14-4-1)47-50-48(34-15-5-2-6-16-34)52-49(51-47)35-27-25-32(26-28-35)37-21-11-24-40-38(22-12-23-39(37)40)36-29-30-45-43-19-8-7-17-41(43)42-18-9-10-20-44(42)46(45)31-36/h1-31H. The van der Waals surface area contributed by atoms with Gasteiger partial charge >= 0.3 is 0 Å². The summed E-state index contributed by atoms with van der Waals surface area (Å²) in [4.78, 5) is 14.7. The van der Waals surface area contributed by atoms with Gasteiger partial charge in [-0.15, -0.1) is 0 Å². The fraction of sp³-hybridized carbons (Fsp3) is 0. The maximum absolute atomic E-state index is 4.93. The fourth-order valence-electron chi connectivity index (χ4n) is 7.63. The Bertz CT molecular complexity index is 2840. The molecule has 3 nitrogen and oxygen atoms in total. The lowest BCUT2D eigenvalue weighted by Gasteiger charge is -2.14. The second kappa shape index (κ2) is 12.4. The highest BCUT2D eigenvalue weighted by molar-refractivity contribution is 6.26. The summed E-state index contributed by atoms with van der Waals surface area (Å²) in [7, 11) is 0. The van der Waals surface area contributed by atoms with Crippen LogP contribution in [0.15, 0.2) is 188 Å². The Balaban J connectivity index is 1.07. The van der Waals surface area contributed by atoms with Crippen LogP contribution in [0.2, 0.25) is 0 Å². The maximum Gasteiger partial charge on any atom is 0.164 e. The Kier molecular flexibility index (Phi) is 7.14. The molecule has 0 spiro atoms. The number of hydrogen-bond acceptors (Lipinski definition) is 3. The molecular weight excluding hydrogens is 631 g/mol. The molecule has 0 bridgehead atoms. The average Bonchev–Trinajstić information content (AvgIpc) is 3.24. The Morgan fingerprint density at radius 1 is 0.212 bits per heavy atom. The van der Waals surface area contributed by atoms with Crippen LogP contribution in [-0.4, -0.2) is 15.0 Å². The molecule has 0 fully saturated rings. The number of benzene rings is 9. The van der Waals surface area contributed by atoms with Gasteiger partial charge in [-0.05, 0) is 71.4 Å². The minimum Gasteiger partial charge on any atom is -0.208 e. The van der Waals surface area contributed by atoms with Crippen molar-refractivity contribution in [2.24, 2.45) is 0 Å². The predicted octanol–water partition coefficient (Wildman–Crippen LogP) is 12.8. The molecule has 242 valence electrons. The molecule has 10 rings (SSSR count). The largest absolute Gasteiger partial charge is 0.208 e. The van der Waals surface area contributed by atoms with Crippen molar-refractivity contribution >= 4 is 43.1 Å². The summed E-state index contributed by atoms with van der Waals surface area (Å²) in [6, 6.07) is 66.5. The van der Waals surface area contributed by atoms with Gasteiger partial charge < -0.3 is 0 Å². The number of nitrogens with zero attached hydrogens (tertiary/aromatic N) is 3. The van der Waals surface area contributed by atoms with Gasteiger partial charge in [-0.25, -0.2) is 15.0 Å². The van der Waals surface area contributed by atoms with Gasteiger partial charge in [0, 0.05) is 16.7 Å². The fourth-order valence-corrected chi connectivity index (χ4v) is 7.63. The molecule has 0 unspecified atom stereocenters. The molecule has 0 radical (unpaired) electrons. The van der Waals surface area contributed by atoms with E-state index in [-0.39, 0.29) is 0 Å². The molecule has 0 aliphatic carbocycles. The van der Waals surface area contributed by atoms with E-state index in [9.17, 15) is 0 Å². The number of aromatic nitrogens is 3. The van der Waals surface area contributed by atoms with Crippen molar-refractivity contribution in [2.45, 2.75) is 0 Å². The van der Waals surface area contributed by atoms with Gasteiger partial charge in [-0.3, -0.25) is 0 Å². The number of fused-ring (bicyclic) bond motifs is 7. The third kappa shape index (κ3) is 5.10. The van der Waals surface area contributed by atoms with Crippen LogP contribution in [0.5, 0.6) is 0 Å². The zero-order chi connectivity index (χ0) is 34.4. The Hall–Kier alpha value is -6.97. The Morgan fingerprint density at radius 2 is 0.558 bits per heavy atom. The van der Waals surface area contributed by atoms with Crippen LogP contribution < -0.4 is 0 Å². The first-order valence-electron chi connectivity index (χ1n) is 17.6. The van der Waals surface area contributed by atoms with Crippen LogP contribution in [0.3, 0.4) is 0 Å². The molecule has 1 aromatic heterocycles. The third-order valence-corrected chi connectivity index (χ3v) is 10.1. The van der Waals surface area contributed by atoms with E-state index >= 15 is 0 Å². The molecule has 10 aromatic rings. The molecule has 0 atom stereocenters. The van der Waals surface area contributed by atoms with E-state index in [0.717, 1.165) is 22.3 Å². The molecule has 52 heavy (non-hydrogen) atoms. The van der Waals surface area contributed by atoms with Gasteiger partial charge in [0.15, 0.2) is 17.5 Å². The Labute approximate surface area is 301 Å². The van der Waals surface area contributed by atoms with Crippen LogP contribution in [0, 0.1) is 0 Å². The molecule has 0 saturated heterocycles. The van der Waals surface area contributed by atoms with E-state index in [0.29, 0.717) is 17.5 Å². The van der Waals surface area contributed by atoms with Crippen molar-refractivity contribution in [3.63, 3.8) is 0 Å². The van der Waals surface area contributed by atoms with Gasteiger partial charge in [-0.2, -0.15) is 0 Å². The van der Waals surface area contributed by atoms with Crippen molar-refractivity contribution < 1.29 is 0 Å². The van der Waals surface area contributed by atoms with E-state index in [1.54, 1.807) is 0 Å². The molecule has 3 heteroatoms. The number of hydrogen-bond donors (Lipinski definition) is 0. The van der Waals surface area contributed by atoms with Crippen LogP contribution in [0.25, 0.3) is 99.5 Å². The molecule has 0 saturated carbocycles. The molecular formula is C49H31N3. The van der Waals surface area contributed by atoms with Gasteiger partial charge in [0.1, 0.15) is 0 Å². The van der Waals surface area contributed by atoms with Crippen LogP contribution in [0.4, 0.5) is 0 Å². The highest BCUT2D eigenvalue weighted by atomic mass is 15.0. The molecule has 0 amide bonds. The quantitative estimate of drug-likeness (QED) is 0.172. The van der Waals surface area contributed by atoms with E-state index in [1.807, 2.05) is 60.7 Å². The summed E-state index contributed by atoms with van der Waals surface area (Å²) in [5.74, 6) is 1.96. The lowest BCUT2D eigenvalue weighted by atomic mass is 9.89. The van der Waals surface area contributed by atoms with Crippen LogP contribution in [0.1, 0.15) is 0 Å². The molecule has 0 aliphatic heterocycles. The monoisotopic (exact) mass is 661 g/mol. The molecule has 1 heterocycles. The van der Waals surface area contributed by atoms with Gasteiger partial charge in [0.2, 0.25) is 0 Å².